The molecule has 0 atom stereocenters. The first-order chi connectivity index (χ1) is 15.7. The third kappa shape index (κ3) is 4.79. The minimum Gasteiger partial charge on any atom is -0.384 e. The van der Waals surface area contributed by atoms with Crippen LogP contribution in [0.5, 0.6) is 0 Å². The highest BCUT2D eigenvalue weighted by Crippen LogP contribution is 2.33. The number of alkyl halides is 3. The van der Waals surface area contributed by atoms with Crippen molar-refractivity contribution in [2.24, 2.45) is 0 Å². The molecule has 10 heteroatoms. The van der Waals surface area contributed by atoms with Crippen LogP contribution in [0.4, 0.5) is 24.7 Å². The molecule has 0 spiro atoms. The molecule has 0 aliphatic rings. The molecule has 0 unspecified atom stereocenters. The Morgan fingerprint density at radius 1 is 0.970 bits per heavy atom. The number of nitrogens with zero attached hydrogens (tertiary/aromatic N) is 4. The molecule has 0 saturated heterocycles. The largest absolute Gasteiger partial charge is 0.416 e. The zero-order valence-corrected chi connectivity index (χ0v) is 17.3. The highest BCUT2D eigenvalue weighted by Gasteiger charge is 2.30. The summed E-state index contributed by atoms with van der Waals surface area (Å²) in [5, 5.41) is 2.65. The molecule has 166 valence electrons. The van der Waals surface area contributed by atoms with Crippen LogP contribution in [0.1, 0.15) is 21.5 Å². The Morgan fingerprint density at radius 3 is 2.55 bits per heavy atom. The average Bonchev–Trinajstić information content (AvgIpc) is 2.80. The Balaban J connectivity index is 1.69. The van der Waals surface area contributed by atoms with Gasteiger partial charge in [-0.1, -0.05) is 12.1 Å². The number of nitrogen functional groups attached to an aromatic ring is 1. The summed E-state index contributed by atoms with van der Waals surface area (Å²) in [7, 11) is 0. The first-order valence-corrected chi connectivity index (χ1v) is 9.70. The van der Waals surface area contributed by atoms with Gasteiger partial charge in [0.1, 0.15) is 18.5 Å². The lowest BCUT2D eigenvalue weighted by atomic mass is 9.99. The number of aromatic nitrogens is 4. The minimum atomic E-state index is -4.54. The number of nitrogens with two attached hydrogens (primary N) is 1. The highest BCUT2D eigenvalue weighted by atomic mass is 19.4. The monoisotopic (exact) mass is 450 g/mol. The van der Waals surface area contributed by atoms with Crippen molar-refractivity contribution in [2.45, 2.75) is 13.1 Å². The summed E-state index contributed by atoms with van der Waals surface area (Å²) in [6.07, 6.45) is -0.227. The maximum absolute atomic E-state index is 13.0. The minimum absolute atomic E-state index is 0.105. The molecule has 33 heavy (non-hydrogen) atoms. The molecule has 1 amide bonds. The molecule has 3 N–H and O–H groups in total. The van der Waals surface area contributed by atoms with Gasteiger partial charge in [0.2, 0.25) is 0 Å². The highest BCUT2D eigenvalue weighted by molar-refractivity contribution is 6.04. The zero-order chi connectivity index (χ0) is 23.6. The van der Waals surface area contributed by atoms with E-state index in [4.69, 9.17) is 5.73 Å². The van der Waals surface area contributed by atoms with Crippen LogP contribution >= 0.6 is 0 Å². The lowest BCUT2D eigenvalue weighted by Crippen LogP contribution is -2.14. The lowest BCUT2D eigenvalue weighted by molar-refractivity contribution is -0.137. The first-order valence-electron chi connectivity index (χ1n) is 9.70. The summed E-state index contributed by atoms with van der Waals surface area (Å²) in [5.41, 5.74) is 8.40. The van der Waals surface area contributed by atoms with Gasteiger partial charge in [-0.15, -0.1) is 0 Å². The van der Waals surface area contributed by atoms with Crippen molar-refractivity contribution in [1.29, 1.82) is 0 Å². The number of hydrogen-bond acceptors (Lipinski definition) is 6. The Kier molecular flexibility index (Phi) is 5.74. The molecular weight excluding hydrogens is 433 g/mol. The second-order valence-corrected chi connectivity index (χ2v) is 7.18. The molecule has 4 rings (SSSR count). The molecule has 7 nitrogen and oxygen atoms in total. The van der Waals surface area contributed by atoms with Crippen molar-refractivity contribution < 1.29 is 18.0 Å². The maximum atomic E-state index is 13.0. The summed E-state index contributed by atoms with van der Waals surface area (Å²) >= 11 is 0. The number of rotatable bonds is 4. The van der Waals surface area contributed by atoms with Gasteiger partial charge in [-0.2, -0.15) is 13.2 Å². The van der Waals surface area contributed by atoms with Crippen molar-refractivity contribution >= 4 is 17.4 Å². The van der Waals surface area contributed by atoms with E-state index < -0.39 is 17.6 Å². The standard InChI is InChI=1S/C23H17F3N6O/c1-13-5-6-16(32-22(33)14-3-2-4-15(7-14)23(24,25)26)8-17(13)21-18(10-28-11-31-21)19-9-20(27)30-12-29-19/h2-12H,1H3,(H,32,33)(H2,27,29,30). The van der Waals surface area contributed by atoms with E-state index in [1.807, 2.05) is 6.92 Å². The summed E-state index contributed by atoms with van der Waals surface area (Å²) in [6.45, 7) is 1.87. The van der Waals surface area contributed by atoms with Crippen molar-refractivity contribution in [3.05, 3.63) is 84.1 Å². The van der Waals surface area contributed by atoms with E-state index in [0.29, 0.717) is 28.2 Å². The van der Waals surface area contributed by atoms with E-state index in [2.05, 4.69) is 25.3 Å². The molecular formula is C23H17F3N6O. The number of nitrogens with one attached hydrogen (secondary N) is 1. The van der Waals surface area contributed by atoms with Crippen molar-refractivity contribution in [2.75, 3.05) is 11.1 Å². The smallest absolute Gasteiger partial charge is 0.384 e. The summed E-state index contributed by atoms with van der Waals surface area (Å²) in [5.74, 6) is -0.379. The Hall–Kier alpha value is -4.34. The SMILES string of the molecule is Cc1ccc(NC(=O)c2cccc(C(F)(F)F)c2)cc1-c1ncncc1-c1cc(N)ncn1. The number of amides is 1. The van der Waals surface area contributed by atoms with Gasteiger partial charge in [-0.05, 0) is 42.8 Å². The summed E-state index contributed by atoms with van der Waals surface area (Å²) in [6, 6.07) is 11.0. The van der Waals surface area contributed by atoms with E-state index in [0.717, 1.165) is 17.7 Å². The number of benzene rings is 2. The van der Waals surface area contributed by atoms with Crippen LogP contribution < -0.4 is 11.1 Å². The number of anilines is 2. The number of carbonyl (C=O) groups excluding carboxylic acids is 1. The van der Waals surface area contributed by atoms with E-state index in [1.165, 1.54) is 24.8 Å². The van der Waals surface area contributed by atoms with Crippen LogP contribution in [0.25, 0.3) is 22.5 Å². The van der Waals surface area contributed by atoms with Crippen LogP contribution in [-0.4, -0.2) is 25.8 Å². The molecule has 0 aliphatic heterocycles. The number of hydrogen-bond donors (Lipinski definition) is 2. The molecule has 2 aromatic heterocycles. The fourth-order valence-electron chi connectivity index (χ4n) is 3.25. The van der Waals surface area contributed by atoms with Crippen LogP contribution in [0.15, 0.2) is 67.4 Å². The normalized spacial score (nSPS) is 11.3. The summed E-state index contributed by atoms with van der Waals surface area (Å²) in [4.78, 5) is 29.2. The predicted octanol–water partition coefficient (Wildman–Crippen LogP) is 4.76. The Morgan fingerprint density at radius 2 is 1.79 bits per heavy atom. The maximum Gasteiger partial charge on any atom is 0.416 e. The second kappa shape index (κ2) is 8.65. The van der Waals surface area contributed by atoms with Crippen LogP contribution in [0.3, 0.4) is 0 Å². The van der Waals surface area contributed by atoms with E-state index in [-0.39, 0.29) is 11.4 Å². The third-order valence-corrected chi connectivity index (χ3v) is 4.88. The van der Waals surface area contributed by atoms with Crippen molar-refractivity contribution in [3.8, 4) is 22.5 Å². The Bertz CT molecular complexity index is 1340. The summed E-state index contributed by atoms with van der Waals surface area (Å²) < 4.78 is 39.0. The van der Waals surface area contributed by atoms with E-state index >= 15 is 0 Å². The average molecular weight is 450 g/mol. The number of carbonyl (C=O) groups is 1. The second-order valence-electron chi connectivity index (χ2n) is 7.18. The quantitative estimate of drug-likeness (QED) is 0.464. The van der Waals surface area contributed by atoms with Gasteiger partial charge < -0.3 is 11.1 Å². The van der Waals surface area contributed by atoms with Crippen LogP contribution in [0.2, 0.25) is 0 Å². The van der Waals surface area contributed by atoms with Crippen LogP contribution in [-0.2, 0) is 6.18 Å². The number of halogens is 3. The molecule has 0 bridgehead atoms. The van der Waals surface area contributed by atoms with E-state index in [1.54, 1.807) is 30.5 Å². The molecule has 2 heterocycles. The van der Waals surface area contributed by atoms with Gasteiger partial charge in [0, 0.05) is 34.6 Å². The van der Waals surface area contributed by atoms with Crippen LogP contribution in [0, 0.1) is 6.92 Å². The zero-order valence-electron chi connectivity index (χ0n) is 17.3. The molecule has 2 aromatic carbocycles. The van der Waals surface area contributed by atoms with Crippen molar-refractivity contribution in [3.63, 3.8) is 0 Å². The lowest BCUT2D eigenvalue weighted by Gasteiger charge is -2.13. The van der Waals surface area contributed by atoms with Crippen molar-refractivity contribution in [1.82, 2.24) is 19.9 Å². The van der Waals surface area contributed by atoms with Gasteiger partial charge in [0.05, 0.1) is 17.0 Å². The fourth-order valence-corrected chi connectivity index (χ4v) is 3.25. The van der Waals surface area contributed by atoms with Gasteiger partial charge >= 0.3 is 6.18 Å². The first kappa shape index (κ1) is 21.9. The topological polar surface area (TPSA) is 107 Å². The van der Waals surface area contributed by atoms with Gasteiger partial charge in [-0.25, -0.2) is 19.9 Å². The van der Waals surface area contributed by atoms with E-state index in [9.17, 15) is 18.0 Å². The molecule has 0 aliphatic carbocycles. The third-order valence-electron chi connectivity index (χ3n) is 4.88. The Labute approximate surface area is 186 Å². The van der Waals surface area contributed by atoms with Gasteiger partial charge in [0.25, 0.3) is 5.91 Å². The fraction of sp³-hybridized carbons (Fsp3) is 0.0870. The van der Waals surface area contributed by atoms with Gasteiger partial charge in [-0.3, -0.25) is 4.79 Å². The molecule has 4 aromatic rings. The molecule has 0 saturated carbocycles. The predicted molar refractivity (Wildman–Crippen MR) is 117 cm³/mol. The molecule has 0 radical (unpaired) electrons. The molecule has 0 fully saturated rings. The number of aryl methyl sites for hydroxylation is 1. The van der Waals surface area contributed by atoms with Gasteiger partial charge in [0.15, 0.2) is 0 Å².